The van der Waals surface area contributed by atoms with Gasteiger partial charge in [-0.3, -0.25) is 4.98 Å². The van der Waals surface area contributed by atoms with Gasteiger partial charge in [-0.1, -0.05) is 6.08 Å². The topological polar surface area (TPSA) is 42.7 Å². The van der Waals surface area contributed by atoms with E-state index in [-0.39, 0.29) is 12.4 Å². The van der Waals surface area contributed by atoms with Crippen molar-refractivity contribution in [1.82, 2.24) is 14.8 Å². The van der Waals surface area contributed by atoms with Gasteiger partial charge in [0.25, 0.3) is 0 Å². The summed E-state index contributed by atoms with van der Waals surface area (Å²) in [5.41, 5.74) is 2.94. The molecule has 90 valence electrons. The van der Waals surface area contributed by atoms with Crippen LogP contribution in [-0.4, -0.2) is 21.3 Å². The van der Waals surface area contributed by atoms with Crippen LogP contribution < -0.4 is 5.32 Å². The summed E-state index contributed by atoms with van der Waals surface area (Å²) in [5, 5.41) is 7.64. The highest BCUT2D eigenvalue weighted by Gasteiger charge is 2.04. The van der Waals surface area contributed by atoms with E-state index < -0.39 is 0 Å². The second kappa shape index (κ2) is 6.06. The number of halogens is 1. The minimum Gasteiger partial charge on any atom is -0.379 e. The molecule has 2 heterocycles. The van der Waals surface area contributed by atoms with Gasteiger partial charge in [-0.15, -0.1) is 19.0 Å². The highest BCUT2D eigenvalue weighted by molar-refractivity contribution is 5.85. The molecule has 0 aliphatic carbocycles. The van der Waals surface area contributed by atoms with Crippen LogP contribution in [0.25, 0.3) is 5.69 Å². The molecule has 0 radical (unpaired) electrons. The third-order valence-corrected chi connectivity index (χ3v) is 2.25. The van der Waals surface area contributed by atoms with Crippen molar-refractivity contribution < 1.29 is 0 Å². The number of pyridine rings is 1. The van der Waals surface area contributed by atoms with E-state index >= 15 is 0 Å². The molecule has 0 saturated heterocycles. The van der Waals surface area contributed by atoms with E-state index in [0.717, 1.165) is 23.6 Å². The lowest BCUT2D eigenvalue weighted by Gasteiger charge is -1.99. The molecule has 0 amide bonds. The van der Waals surface area contributed by atoms with E-state index in [1.807, 2.05) is 36.0 Å². The van der Waals surface area contributed by atoms with E-state index in [1.54, 1.807) is 12.4 Å². The van der Waals surface area contributed by atoms with Gasteiger partial charge in [0, 0.05) is 12.7 Å². The summed E-state index contributed by atoms with van der Waals surface area (Å²) in [6.07, 6.45) is 7.30. The fourth-order valence-corrected chi connectivity index (χ4v) is 1.44. The fraction of sp³-hybridized carbons (Fsp3) is 0.167. The van der Waals surface area contributed by atoms with Crippen LogP contribution in [0.1, 0.15) is 5.69 Å². The maximum Gasteiger partial charge on any atom is 0.0829 e. The number of anilines is 1. The molecule has 0 aliphatic heterocycles. The monoisotopic (exact) mass is 250 g/mol. The highest BCUT2D eigenvalue weighted by Crippen LogP contribution is 2.15. The Hall–Kier alpha value is -1.81. The average molecular weight is 251 g/mol. The molecule has 0 aromatic carbocycles. The van der Waals surface area contributed by atoms with E-state index in [2.05, 4.69) is 22.0 Å². The molecule has 17 heavy (non-hydrogen) atoms. The zero-order valence-electron chi connectivity index (χ0n) is 9.63. The van der Waals surface area contributed by atoms with Crippen molar-refractivity contribution in [3.8, 4) is 5.69 Å². The van der Waals surface area contributed by atoms with Gasteiger partial charge in [0.15, 0.2) is 0 Å². The molecule has 2 rings (SSSR count). The normalized spacial score (nSPS) is 9.47. The van der Waals surface area contributed by atoms with Gasteiger partial charge in [0.1, 0.15) is 0 Å². The SMILES string of the molecule is C=CCNc1cn(-c2cccnc2)nc1C.Cl. The number of aromatic nitrogens is 3. The standard InChI is InChI=1S/C12H14N4.ClH/c1-3-6-14-12-9-16(15-10(12)2)11-5-4-7-13-8-11;/h3-5,7-9,14H,1,6H2,2H3;1H. The van der Waals surface area contributed by atoms with Crippen LogP contribution in [-0.2, 0) is 0 Å². The summed E-state index contributed by atoms with van der Waals surface area (Å²) < 4.78 is 1.81. The van der Waals surface area contributed by atoms with E-state index in [4.69, 9.17) is 0 Å². The Morgan fingerprint density at radius 2 is 2.35 bits per heavy atom. The summed E-state index contributed by atoms with van der Waals surface area (Å²) in [7, 11) is 0. The zero-order valence-corrected chi connectivity index (χ0v) is 10.4. The van der Waals surface area contributed by atoms with E-state index in [0.29, 0.717) is 0 Å². The first-order valence-corrected chi connectivity index (χ1v) is 5.12. The van der Waals surface area contributed by atoms with Crippen molar-refractivity contribution in [2.24, 2.45) is 0 Å². The molecule has 2 aromatic heterocycles. The lowest BCUT2D eigenvalue weighted by Crippen LogP contribution is -1.97. The van der Waals surface area contributed by atoms with E-state index in [1.165, 1.54) is 0 Å². The smallest absolute Gasteiger partial charge is 0.0829 e. The van der Waals surface area contributed by atoms with Crippen molar-refractivity contribution in [2.45, 2.75) is 6.92 Å². The lowest BCUT2D eigenvalue weighted by molar-refractivity contribution is 0.857. The van der Waals surface area contributed by atoms with Gasteiger partial charge in [-0.25, -0.2) is 4.68 Å². The highest BCUT2D eigenvalue weighted by atomic mass is 35.5. The minimum absolute atomic E-state index is 0. The van der Waals surface area contributed by atoms with Crippen molar-refractivity contribution >= 4 is 18.1 Å². The molecule has 0 spiro atoms. The summed E-state index contributed by atoms with van der Waals surface area (Å²) in [6, 6.07) is 3.86. The van der Waals surface area contributed by atoms with Gasteiger partial charge in [-0.05, 0) is 19.1 Å². The van der Waals surface area contributed by atoms with Gasteiger partial charge < -0.3 is 5.32 Å². The predicted molar refractivity (Wildman–Crippen MR) is 72.0 cm³/mol. The quantitative estimate of drug-likeness (QED) is 0.849. The fourth-order valence-electron chi connectivity index (χ4n) is 1.44. The first-order valence-electron chi connectivity index (χ1n) is 5.12. The number of rotatable bonds is 4. The largest absolute Gasteiger partial charge is 0.379 e. The Bertz CT molecular complexity index is 479. The van der Waals surface area contributed by atoms with E-state index in [9.17, 15) is 0 Å². The Morgan fingerprint density at radius 3 is 3.00 bits per heavy atom. The van der Waals surface area contributed by atoms with Crippen LogP contribution in [0.15, 0.2) is 43.4 Å². The molecule has 1 N–H and O–H groups in total. The number of nitrogens with zero attached hydrogens (tertiary/aromatic N) is 3. The van der Waals surface area contributed by atoms with Gasteiger partial charge >= 0.3 is 0 Å². The molecule has 0 saturated carbocycles. The first-order chi connectivity index (χ1) is 7.81. The molecular formula is C12H15ClN4. The Kier molecular flexibility index (Phi) is 4.72. The van der Waals surface area contributed by atoms with Crippen LogP contribution in [0.5, 0.6) is 0 Å². The van der Waals surface area contributed by atoms with Crippen LogP contribution >= 0.6 is 12.4 Å². The van der Waals surface area contributed by atoms with Crippen LogP contribution in [0.2, 0.25) is 0 Å². The maximum atomic E-state index is 4.41. The van der Waals surface area contributed by atoms with Crippen molar-refractivity contribution in [3.05, 3.63) is 49.1 Å². The molecule has 2 aromatic rings. The third-order valence-electron chi connectivity index (χ3n) is 2.25. The molecule has 0 bridgehead atoms. The Balaban J connectivity index is 0.00000144. The molecular weight excluding hydrogens is 236 g/mol. The number of hydrogen-bond donors (Lipinski definition) is 1. The molecule has 5 heteroatoms. The molecule has 0 fully saturated rings. The van der Waals surface area contributed by atoms with Gasteiger partial charge in [0.2, 0.25) is 0 Å². The van der Waals surface area contributed by atoms with Crippen LogP contribution in [0, 0.1) is 6.92 Å². The average Bonchev–Trinajstić information content (AvgIpc) is 2.69. The van der Waals surface area contributed by atoms with Gasteiger partial charge in [-0.2, -0.15) is 5.10 Å². The van der Waals surface area contributed by atoms with Crippen LogP contribution in [0.3, 0.4) is 0 Å². The summed E-state index contributed by atoms with van der Waals surface area (Å²) in [4.78, 5) is 4.06. The molecule has 0 atom stereocenters. The summed E-state index contributed by atoms with van der Waals surface area (Å²) in [5.74, 6) is 0. The second-order valence-corrected chi connectivity index (χ2v) is 3.45. The molecule has 0 aliphatic rings. The summed E-state index contributed by atoms with van der Waals surface area (Å²) >= 11 is 0. The number of aryl methyl sites for hydroxylation is 1. The predicted octanol–water partition coefficient (Wildman–Crippen LogP) is 2.60. The van der Waals surface area contributed by atoms with Crippen molar-refractivity contribution in [1.29, 1.82) is 0 Å². The maximum absolute atomic E-state index is 4.41. The molecule has 0 unspecified atom stereocenters. The number of hydrogen-bond acceptors (Lipinski definition) is 3. The molecule has 4 nitrogen and oxygen atoms in total. The summed E-state index contributed by atoms with van der Waals surface area (Å²) in [6.45, 7) is 6.38. The van der Waals surface area contributed by atoms with Crippen LogP contribution in [0.4, 0.5) is 5.69 Å². The minimum atomic E-state index is 0. The second-order valence-electron chi connectivity index (χ2n) is 3.45. The third kappa shape index (κ3) is 3.07. The van der Waals surface area contributed by atoms with Crippen molar-refractivity contribution in [3.63, 3.8) is 0 Å². The zero-order chi connectivity index (χ0) is 11.4. The number of nitrogens with one attached hydrogen (secondary N) is 1. The van der Waals surface area contributed by atoms with Gasteiger partial charge in [0.05, 0.1) is 29.5 Å². The van der Waals surface area contributed by atoms with Crippen molar-refractivity contribution in [2.75, 3.05) is 11.9 Å². The Labute approximate surface area is 107 Å². The lowest BCUT2D eigenvalue weighted by atomic mass is 10.4. The Morgan fingerprint density at radius 1 is 1.53 bits per heavy atom. The first kappa shape index (κ1) is 13.3.